The van der Waals surface area contributed by atoms with E-state index in [4.69, 9.17) is 4.89 Å². The van der Waals surface area contributed by atoms with Crippen LogP contribution < -0.4 is 0 Å². The van der Waals surface area contributed by atoms with E-state index in [-0.39, 0.29) is 0 Å². The Morgan fingerprint density at radius 1 is 0.533 bits per heavy atom. The molecule has 0 amide bonds. The van der Waals surface area contributed by atoms with Crippen LogP contribution in [0.25, 0.3) is 0 Å². The lowest BCUT2D eigenvalue weighted by Gasteiger charge is -2.05. The summed E-state index contributed by atoms with van der Waals surface area (Å²) in [5.41, 5.74) is 0. The van der Waals surface area contributed by atoms with Crippen LogP contribution in [0, 0.1) is 5.92 Å². The summed E-state index contributed by atoms with van der Waals surface area (Å²) in [5.74, 6) is 0.854. The van der Waals surface area contributed by atoms with E-state index in [9.17, 15) is 0 Å². The van der Waals surface area contributed by atoms with E-state index in [1.165, 1.54) is 83.3 Å². The summed E-state index contributed by atoms with van der Waals surface area (Å²) < 4.78 is 0. The smallest absolute Gasteiger partial charge is 0.128 e. The summed E-state index contributed by atoms with van der Waals surface area (Å²) in [7, 11) is 0. The molecule has 0 fully saturated rings. The molecule has 0 rings (SSSR count). The van der Waals surface area contributed by atoms with Crippen LogP contribution >= 0.6 is 0 Å². The second-order valence-corrected chi connectivity index (χ2v) is 7.64. The highest BCUT2D eigenvalue weighted by atomic mass is 17.9. The fourth-order valence-corrected chi connectivity index (χ4v) is 2.86. The molecule has 0 aliphatic heterocycles. The maximum Gasteiger partial charge on any atom is 0.128 e. The normalized spacial score (nSPS) is 11.7. The van der Waals surface area contributed by atoms with Crippen molar-refractivity contribution in [2.24, 2.45) is 5.92 Å². The van der Waals surface area contributed by atoms with Gasteiger partial charge in [-0.15, -0.1) is 0 Å². The lowest BCUT2D eigenvalue weighted by atomic mass is 10.0. The zero-order chi connectivity index (χ0) is 22.0. The maximum atomic E-state index is 4.72. The number of rotatable bonds is 25. The molecule has 0 aromatic rings. The van der Waals surface area contributed by atoms with Gasteiger partial charge in [0.1, 0.15) is 6.26 Å². The average molecular weight is 439 g/mol. The van der Waals surface area contributed by atoms with Crippen LogP contribution in [-0.4, -0.2) is 6.61 Å². The molecule has 30 heavy (non-hydrogen) atoms. The van der Waals surface area contributed by atoms with Gasteiger partial charge in [0.2, 0.25) is 0 Å². The van der Waals surface area contributed by atoms with Crippen LogP contribution in [0.4, 0.5) is 0 Å². The van der Waals surface area contributed by atoms with E-state index >= 15 is 0 Å². The van der Waals surface area contributed by atoms with E-state index in [1.807, 2.05) is 0 Å². The Morgan fingerprint density at radius 3 is 1.47 bits per heavy atom. The molecule has 0 saturated heterocycles. The van der Waals surface area contributed by atoms with Gasteiger partial charge in [0.05, 0.1) is 6.61 Å². The van der Waals surface area contributed by atoms with Gasteiger partial charge in [0.15, 0.2) is 0 Å². The maximum absolute atomic E-state index is 4.72. The Morgan fingerprint density at radius 2 is 0.967 bits per heavy atom. The molecule has 0 N–H and O–H groups in total. The molecule has 0 aromatic carbocycles. The molecule has 0 aromatic heterocycles. The van der Waals surface area contributed by atoms with E-state index in [2.05, 4.69) is 54.0 Å². The van der Waals surface area contributed by atoms with Gasteiger partial charge in [-0.1, -0.05) is 97.3 Å². The minimum Gasteiger partial charge on any atom is -0.314 e. The van der Waals surface area contributed by atoms with Gasteiger partial charge in [0.25, 0.3) is 0 Å². The minimum atomic E-state index is 0.387. The third-order valence-electron chi connectivity index (χ3n) is 4.45. The molecule has 9 heteroatoms. The van der Waals surface area contributed by atoms with Crippen molar-refractivity contribution in [2.75, 3.05) is 6.61 Å². The van der Waals surface area contributed by atoms with E-state index in [0.717, 1.165) is 18.8 Å². The molecule has 0 aliphatic rings. The highest BCUT2D eigenvalue weighted by molar-refractivity contribution is 4.62. The molecule has 0 aliphatic carbocycles. The summed E-state index contributed by atoms with van der Waals surface area (Å²) in [6.45, 7) is 6.72. The molecule has 0 radical (unpaired) electrons. The largest absolute Gasteiger partial charge is 0.314 e. The topological polar surface area (TPSA) is 83.1 Å². The second-order valence-electron chi connectivity index (χ2n) is 7.64. The van der Waals surface area contributed by atoms with Crippen molar-refractivity contribution in [3.63, 3.8) is 0 Å². The summed E-state index contributed by atoms with van der Waals surface area (Å²) in [5, 5.41) is 27.8. The lowest BCUT2D eigenvalue weighted by Crippen LogP contribution is -2.02. The van der Waals surface area contributed by atoms with Gasteiger partial charge in [-0.25, -0.2) is 4.89 Å². The van der Waals surface area contributed by atoms with Gasteiger partial charge >= 0.3 is 0 Å². The predicted molar refractivity (Wildman–Crippen MR) is 109 cm³/mol. The first kappa shape index (κ1) is 29.2. The first-order chi connectivity index (χ1) is 14.8. The summed E-state index contributed by atoms with van der Waals surface area (Å²) >= 11 is 0. The number of unbranched alkanes of at least 4 members (excludes halogenated alkanes) is 12. The fourth-order valence-electron chi connectivity index (χ4n) is 2.86. The van der Waals surface area contributed by atoms with Crippen LogP contribution in [0.5, 0.6) is 0 Å². The van der Waals surface area contributed by atoms with Crippen LogP contribution in [0.3, 0.4) is 0 Å². The molecule has 0 saturated carbocycles. The van der Waals surface area contributed by atoms with Crippen LogP contribution in [0.15, 0.2) is 12.3 Å². The molecule has 0 bridgehead atoms. The van der Waals surface area contributed by atoms with Crippen molar-refractivity contribution in [1.29, 1.82) is 0 Å². The van der Waals surface area contributed by atoms with Gasteiger partial charge < -0.3 is 4.89 Å². The fraction of sp³-hybridized carbons (Fsp3) is 0.905. The number of hydrogen-bond acceptors (Lipinski definition) is 9. The summed E-state index contributed by atoms with van der Waals surface area (Å²) in [4.78, 5) is 9.00. The van der Waals surface area contributed by atoms with Crippen molar-refractivity contribution < 1.29 is 45.0 Å². The monoisotopic (exact) mass is 438 g/mol. The van der Waals surface area contributed by atoms with Crippen molar-refractivity contribution in [2.45, 2.75) is 111 Å². The van der Waals surface area contributed by atoms with Crippen molar-refractivity contribution >= 4 is 0 Å². The van der Waals surface area contributed by atoms with Gasteiger partial charge in [-0.2, -0.15) is 0 Å². The molecule has 0 unspecified atom stereocenters. The quantitative estimate of drug-likeness (QED) is 0.0640. The van der Waals surface area contributed by atoms with E-state index in [1.54, 1.807) is 13.0 Å². The Labute approximate surface area is 181 Å². The van der Waals surface area contributed by atoms with Gasteiger partial charge in [-0.05, 0) is 40.5 Å². The summed E-state index contributed by atoms with van der Waals surface area (Å²) in [6.07, 6.45) is 21.0. The number of hydrogen-bond donors (Lipinski definition) is 0. The number of allylic oxidation sites excluding steroid dienone is 1. The van der Waals surface area contributed by atoms with Gasteiger partial charge in [-0.3, -0.25) is 0 Å². The first-order valence-electron chi connectivity index (χ1n) is 11.3. The van der Waals surface area contributed by atoms with Crippen LogP contribution in [0.1, 0.15) is 111 Å². The van der Waals surface area contributed by atoms with Crippen LogP contribution in [-0.2, 0) is 45.0 Å². The molecular weight excluding hydrogens is 396 g/mol. The SMILES string of the molecule is CC=COOOOOOOOOCCCCCCCCCCCCCCCC(C)C. The first-order valence-corrected chi connectivity index (χ1v) is 11.3. The molecule has 0 heterocycles. The standard InChI is InChI=1S/C21H42O9/c1-4-19-22-24-26-28-30-29-27-25-23-20-17-15-13-11-9-7-5-6-8-10-12-14-16-18-21(2)3/h4,19,21H,5-18,20H2,1-3H3. The highest BCUT2D eigenvalue weighted by Crippen LogP contribution is 2.14. The molecule has 9 nitrogen and oxygen atoms in total. The molecular formula is C21H42O9. The van der Waals surface area contributed by atoms with Crippen molar-refractivity contribution in [1.82, 2.24) is 0 Å². The zero-order valence-electron chi connectivity index (χ0n) is 19.0. The lowest BCUT2D eigenvalue weighted by molar-refractivity contribution is -0.829. The zero-order valence-corrected chi connectivity index (χ0v) is 19.0. The Hall–Kier alpha value is -0.780. The molecule has 0 atom stereocenters. The summed E-state index contributed by atoms with van der Waals surface area (Å²) in [6, 6.07) is 0. The van der Waals surface area contributed by atoms with Crippen molar-refractivity contribution in [3.8, 4) is 0 Å². The van der Waals surface area contributed by atoms with Gasteiger partial charge in [0, 0.05) is 20.2 Å². The molecule has 180 valence electrons. The molecule has 0 spiro atoms. The predicted octanol–water partition coefficient (Wildman–Crippen LogP) is 7.11. The third kappa shape index (κ3) is 27.2. The highest BCUT2D eigenvalue weighted by Gasteiger charge is 1.98. The Kier molecular flexibility index (Phi) is 25.6. The minimum absolute atomic E-state index is 0.387. The third-order valence-corrected chi connectivity index (χ3v) is 4.45. The second kappa shape index (κ2) is 26.3. The Balaban J connectivity index is 3.00. The van der Waals surface area contributed by atoms with Crippen molar-refractivity contribution in [3.05, 3.63) is 12.3 Å². The average Bonchev–Trinajstić information content (AvgIpc) is 2.73. The van der Waals surface area contributed by atoms with E-state index in [0.29, 0.717) is 6.61 Å². The van der Waals surface area contributed by atoms with E-state index < -0.39 is 0 Å². The Bertz CT molecular complexity index is 340. The van der Waals surface area contributed by atoms with Crippen LogP contribution in [0.2, 0.25) is 0 Å².